The van der Waals surface area contributed by atoms with E-state index in [0.29, 0.717) is 5.88 Å². The van der Waals surface area contributed by atoms with Gasteiger partial charge in [-0.15, -0.1) is 0 Å². The van der Waals surface area contributed by atoms with Crippen LogP contribution in [0.5, 0.6) is 5.88 Å². The van der Waals surface area contributed by atoms with Crippen LogP contribution in [0.4, 0.5) is 0 Å². The van der Waals surface area contributed by atoms with E-state index < -0.39 is 0 Å². The van der Waals surface area contributed by atoms with Crippen molar-refractivity contribution in [3.8, 4) is 5.88 Å². The Morgan fingerprint density at radius 1 is 1.58 bits per heavy atom. The SMILES string of the molecule is CNOSOc1cc(C)ccn1. The standard InChI is InChI=1S/C7H10N2O2S/c1-6-3-4-9-7(5-6)10-12-11-8-2/h3-5,8H,1-2H3. The van der Waals surface area contributed by atoms with Crippen LogP contribution in [0.3, 0.4) is 0 Å². The van der Waals surface area contributed by atoms with E-state index in [2.05, 4.69) is 14.7 Å². The number of nitrogens with one attached hydrogen (secondary N) is 1. The Morgan fingerprint density at radius 3 is 3.08 bits per heavy atom. The first kappa shape index (κ1) is 9.31. The minimum absolute atomic E-state index is 0.537. The van der Waals surface area contributed by atoms with E-state index in [9.17, 15) is 0 Å². The molecular formula is C7H10N2O2S. The molecule has 0 bridgehead atoms. The number of aryl methyl sites for hydroxylation is 1. The lowest BCUT2D eigenvalue weighted by atomic mass is 10.3. The van der Waals surface area contributed by atoms with Gasteiger partial charge in [0.1, 0.15) is 0 Å². The van der Waals surface area contributed by atoms with Crippen molar-refractivity contribution >= 4 is 12.3 Å². The maximum Gasteiger partial charge on any atom is 0.246 e. The van der Waals surface area contributed by atoms with Crippen LogP contribution in [0, 0.1) is 6.92 Å². The fourth-order valence-electron chi connectivity index (χ4n) is 0.640. The minimum Gasteiger partial charge on any atom is -0.379 e. The van der Waals surface area contributed by atoms with Gasteiger partial charge < -0.3 is 4.18 Å². The summed E-state index contributed by atoms with van der Waals surface area (Å²) in [4.78, 5) is 3.96. The van der Waals surface area contributed by atoms with Gasteiger partial charge in [0, 0.05) is 19.3 Å². The van der Waals surface area contributed by atoms with Crippen molar-refractivity contribution in [2.45, 2.75) is 6.92 Å². The van der Waals surface area contributed by atoms with Gasteiger partial charge in [-0.25, -0.2) is 4.98 Å². The molecule has 0 aliphatic carbocycles. The maximum absolute atomic E-state index is 5.05. The van der Waals surface area contributed by atoms with E-state index >= 15 is 0 Å². The fourth-order valence-corrected chi connectivity index (χ4v) is 0.903. The molecule has 4 nitrogen and oxygen atoms in total. The summed E-state index contributed by atoms with van der Waals surface area (Å²) in [6.07, 6.45) is 1.69. The molecule has 0 unspecified atom stereocenters. The topological polar surface area (TPSA) is 43.4 Å². The largest absolute Gasteiger partial charge is 0.379 e. The van der Waals surface area contributed by atoms with Crippen molar-refractivity contribution in [2.75, 3.05) is 7.05 Å². The summed E-state index contributed by atoms with van der Waals surface area (Å²) in [5.74, 6) is 0.537. The number of hydrogen-bond donors (Lipinski definition) is 1. The molecule has 0 radical (unpaired) electrons. The number of aromatic nitrogens is 1. The number of hydroxylamine groups is 1. The third-order valence-corrected chi connectivity index (χ3v) is 1.60. The van der Waals surface area contributed by atoms with E-state index in [1.165, 1.54) is 0 Å². The molecule has 0 aromatic carbocycles. The molecule has 1 heterocycles. The molecule has 1 N–H and O–H groups in total. The van der Waals surface area contributed by atoms with Crippen LogP contribution in [0.25, 0.3) is 0 Å². The van der Waals surface area contributed by atoms with Gasteiger partial charge in [-0.2, -0.15) is 9.76 Å². The van der Waals surface area contributed by atoms with Gasteiger partial charge in [-0.1, -0.05) is 0 Å². The van der Waals surface area contributed by atoms with Crippen LogP contribution < -0.4 is 9.66 Å². The number of pyridine rings is 1. The predicted octanol–water partition coefficient (Wildman–Crippen LogP) is 1.48. The quantitative estimate of drug-likeness (QED) is 0.438. The molecule has 5 heteroatoms. The highest BCUT2D eigenvalue weighted by Gasteiger charge is 1.95. The Hall–Kier alpha value is -0.780. The van der Waals surface area contributed by atoms with Gasteiger partial charge in [-0.05, 0) is 18.6 Å². The Kier molecular flexibility index (Phi) is 3.86. The molecule has 0 spiro atoms. The summed E-state index contributed by atoms with van der Waals surface area (Å²) in [5, 5.41) is 0. The Morgan fingerprint density at radius 2 is 2.42 bits per heavy atom. The van der Waals surface area contributed by atoms with Crippen molar-refractivity contribution < 1.29 is 8.47 Å². The van der Waals surface area contributed by atoms with Gasteiger partial charge in [0.2, 0.25) is 18.2 Å². The van der Waals surface area contributed by atoms with E-state index in [1.54, 1.807) is 13.2 Å². The molecule has 0 aliphatic heterocycles. The first-order valence-electron chi connectivity index (χ1n) is 3.42. The monoisotopic (exact) mass is 186 g/mol. The smallest absolute Gasteiger partial charge is 0.246 e. The Balaban J connectivity index is 2.41. The lowest BCUT2D eigenvalue weighted by Crippen LogP contribution is -2.01. The van der Waals surface area contributed by atoms with Gasteiger partial charge in [0.05, 0.1) is 0 Å². The highest BCUT2D eigenvalue weighted by atomic mass is 32.2. The van der Waals surface area contributed by atoms with E-state index in [1.807, 2.05) is 19.1 Å². The molecular weight excluding hydrogens is 176 g/mol. The molecule has 0 atom stereocenters. The lowest BCUT2D eigenvalue weighted by Gasteiger charge is -2.00. The summed E-state index contributed by atoms with van der Waals surface area (Å²) >= 11 is 0.841. The van der Waals surface area contributed by atoms with Crippen LogP contribution in [-0.4, -0.2) is 12.0 Å². The van der Waals surface area contributed by atoms with Gasteiger partial charge >= 0.3 is 0 Å². The maximum atomic E-state index is 5.05. The molecule has 0 saturated carbocycles. The third-order valence-electron chi connectivity index (χ3n) is 1.13. The van der Waals surface area contributed by atoms with Crippen LogP contribution in [0.2, 0.25) is 0 Å². The zero-order valence-electron chi connectivity index (χ0n) is 6.90. The molecule has 1 aromatic rings. The van der Waals surface area contributed by atoms with Gasteiger partial charge in [0.15, 0.2) is 0 Å². The third kappa shape index (κ3) is 3.08. The molecule has 0 saturated heterocycles. The minimum atomic E-state index is 0.537. The van der Waals surface area contributed by atoms with Crippen LogP contribution in [0.1, 0.15) is 5.56 Å². The molecule has 66 valence electrons. The normalized spacial score (nSPS) is 9.83. The molecule has 0 aliphatic rings. The highest BCUT2D eigenvalue weighted by molar-refractivity contribution is 7.90. The van der Waals surface area contributed by atoms with Crippen molar-refractivity contribution in [1.29, 1.82) is 0 Å². The summed E-state index contributed by atoms with van der Waals surface area (Å²) in [6.45, 7) is 1.97. The number of nitrogens with zero attached hydrogens (tertiary/aromatic N) is 1. The zero-order chi connectivity index (χ0) is 8.81. The average Bonchev–Trinajstić information content (AvgIpc) is 2.05. The molecule has 1 rings (SSSR count). The number of rotatable bonds is 4. The average molecular weight is 186 g/mol. The van der Waals surface area contributed by atoms with Crippen LogP contribution >= 0.6 is 12.3 Å². The van der Waals surface area contributed by atoms with Gasteiger partial charge in [0.25, 0.3) is 0 Å². The van der Waals surface area contributed by atoms with Crippen molar-refractivity contribution in [1.82, 2.24) is 10.5 Å². The van der Waals surface area contributed by atoms with Gasteiger partial charge in [-0.3, -0.25) is 0 Å². The van der Waals surface area contributed by atoms with E-state index in [0.717, 1.165) is 17.9 Å². The second-order valence-corrected chi connectivity index (χ2v) is 2.58. The summed E-state index contributed by atoms with van der Waals surface area (Å²) < 4.78 is 9.73. The van der Waals surface area contributed by atoms with Crippen molar-refractivity contribution in [2.24, 2.45) is 0 Å². The van der Waals surface area contributed by atoms with E-state index in [-0.39, 0.29) is 0 Å². The lowest BCUT2D eigenvalue weighted by molar-refractivity contribution is 0.252. The van der Waals surface area contributed by atoms with Crippen LogP contribution in [-0.2, 0) is 4.28 Å². The predicted molar refractivity (Wildman–Crippen MR) is 47.3 cm³/mol. The Bertz CT molecular complexity index is 245. The summed E-state index contributed by atoms with van der Waals surface area (Å²) in [6, 6.07) is 3.72. The first-order valence-corrected chi connectivity index (χ1v) is 4.09. The molecule has 1 aromatic heterocycles. The molecule has 0 fully saturated rings. The summed E-state index contributed by atoms with van der Waals surface area (Å²) in [5.41, 5.74) is 3.56. The second-order valence-electron chi connectivity index (χ2n) is 2.11. The molecule has 0 amide bonds. The van der Waals surface area contributed by atoms with E-state index in [4.69, 9.17) is 4.18 Å². The Labute approximate surface area is 75.7 Å². The zero-order valence-corrected chi connectivity index (χ0v) is 7.72. The van der Waals surface area contributed by atoms with Crippen LogP contribution in [0.15, 0.2) is 18.3 Å². The number of hydrogen-bond acceptors (Lipinski definition) is 5. The second kappa shape index (κ2) is 4.97. The first-order chi connectivity index (χ1) is 5.83. The fraction of sp³-hybridized carbons (Fsp3) is 0.286. The van der Waals surface area contributed by atoms with Crippen molar-refractivity contribution in [3.63, 3.8) is 0 Å². The summed E-state index contributed by atoms with van der Waals surface area (Å²) in [7, 11) is 1.65. The highest BCUT2D eigenvalue weighted by Crippen LogP contribution is 2.13. The molecule has 12 heavy (non-hydrogen) atoms. The van der Waals surface area contributed by atoms with Crippen molar-refractivity contribution in [3.05, 3.63) is 23.9 Å².